The summed E-state index contributed by atoms with van der Waals surface area (Å²) in [4.78, 5) is 24.2. The van der Waals surface area contributed by atoms with Gasteiger partial charge in [-0.3, -0.25) is 9.59 Å². The number of nitrogens with zero attached hydrogens (tertiary/aromatic N) is 2. The standard InChI is InChI=1S/C25H19F2N3O5/c26-16-8-11-22(19(27)12-16)30-23(31)13-21(29-30)25(34)28-20(14-24(32)33)15-6-9-18(10-7-15)35-17-4-2-1-3-5-17/h1-13,20,31H,14H2,(H,28,34)(H,32,33). The quantitative estimate of drug-likeness (QED) is 0.341. The van der Waals surface area contributed by atoms with Crippen molar-refractivity contribution >= 4 is 11.9 Å². The highest BCUT2D eigenvalue weighted by Gasteiger charge is 2.23. The lowest BCUT2D eigenvalue weighted by Gasteiger charge is -2.17. The molecule has 0 aliphatic carbocycles. The van der Waals surface area contributed by atoms with Gasteiger partial charge in [-0.15, -0.1) is 0 Å². The van der Waals surface area contributed by atoms with Gasteiger partial charge in [0.05, 0.1) is 12.5 Å². The maximum Gasteiger partial charge on any atom is 0.305 e. The van der Waals surface area contributed by atoms with Gasteiger partial charge in [0, 0.05) is 12.1 Å². The van der Waals surface area contributed by atoms with Crippen LogP contribution in [0, 0.1) is 11.6 Å². The molecule has 3 aromatic carbocycles. The van der Waals surface area contributed by atoms with Crippen LogP contribution < -0.4 is 10.1 Å². The van der Waals surface area contributed by atoms with Crippen molar-refractivity contribution in [2.24, 2.45) is 0 Å². The largest absolute Gasteiger partial charge is 0.493 e. The molecule has 4 aromatic rings. The van der Waals surface area contributed by atoms with Crippen LogP contribution in [0.25, 0.3) is 5.69 Å². The topological polar surface area (TPSA) is 114 Å². The molecule has 1 aromatic heterocycles. The summed E-state index contributed by atoms with van der Waals surface area (Å²) in [6.07, 6.45) is -0.427. The van der Waals surface area contributed by atoms with Crippen LogP contribution in [0.5, 0.6) is 17.4 Å². The Balaban J connectivity index is 1.53. The number of benzene rings is 3. The highest BCUT2D eigenvalue weighted by atomic mass is 19.1. The third kappa shape index (κ3) is 5.61. The molecular weight excluding hydrogens is 460 g/mol. The fourth-order valence-corrected chi connectivity index (χ4v) is 3.36. The Labute approximate surface area is 198 Å². The number of aromatic nitrogens is 2. The molecule has 3 N–H and O–H groups in total. The minimum absolute atomic E-state index is 0.265. The van der Waals surface area contributed by atoms with Gasteiger partial charge in [0.15, 0.2) is 11.5 Å². The number of carbonyl (C=O) groups excluding carboxylic acids is 1. The molecule has 178 valence electrons. The van der Waals surface area contributed by atoms with Crippen molar-refractivity contribution in [3.8, 4) is 23.1 Å². The molecule has 1 amide bonds. The molecule has 0 radical (unpaired) electrons. The number of carboxylic acid groups (broad SMARTS) is 1. The van der Waals surface area contributed by atoms with E-state index in [0.29, 0.717) is 23.1 Å². The highest BCUT2D eigenvalue weighted by molar-refractivity contribution is 5.93. The zero-order valence-corrected chi connectivity index (χ0v) is 18.1. The summed E-state index contributed by atoms with van der Waals surface area (Å²) in [7, 11) is 0. The molecule has 0 saturated carbocycles. The van der Waals surface area contributed by atoms with E-state index in [2.05, 4.69) is 10.4 Å². The smallest absolute Gasteiger partial charge is 0.305 e. The number of carbonyl (C=O) groups is 2. The number of para-hydroxylation sites is 1. The van der Waals surface area contributed by atoms with Crippen molar-refractivity contribution in [1.29, 1.82) is 0 Å². The SMILES string of the molecule is O=C(O)CC(NC(=O)c1cc(O)n(-c2ccc(F)cc2F)n1)c1ccc(Oc2ccccc2)cc1. The van der Waals surface area contributed by atoms with Crippen LogP contribution in [0.4, 0.5) is 8.78 Å². The van der Waals surface area contributed by atoms with E-state index >= 15 is 0 Å². The lowest BCUT2D eigenvalue weighted by Crippen LogP contribution is -2.30. The number of hydrogen-bond donors (Lipinski definition) is 3. The number of hydrogen-bond acceptors (Lipinski definition) is 5. The number of aliphatic carboxylic acids is 1. The summed E-state index contributed by atoms with van der Waals surface area (Å²) in [5.41, 5.74) is -0.0564. The van der Waals surface area contributed by atoms with Crippen LogP contribution in [0.15, 0.2) is 78.9 Å². The van der Waals surface area contributed by atoms with Crippen LogP contribution in [0.2, 0.25) is 0 Å². The molecule has 1 atom stereocenters. The van der Waals surface area contributed by atoms with E-state index in [0.717, 1.165) is 22.9 Å². The van der Waals surface area contributed by atoms with Gasteiger partial charge in [-0.25, -0.2) is 8.78 Å². The van der Waals surface area contributed by atoms with Crippen LogP contribution >= 0.6 is 0 Å². The second kappa shape index (κ2) is 10.0. The Morgan fingerprint density at radius 2 is 1.66 bits per heavy atom. The lowest BCUT2D eigenvalue weighted by molar-refractivity contribution is -0.137. The van der Waals surface area contributed by atoms with Crippen molar-refractivity contribution in [3.63, 3.8) is 0 Å². The third-order valence-corrected chi connectivity index (χ3v) is 5.01. The highest BCUT2D eigenvalue weighted by Crippen LogP contribution is 2.26. The van der Waals surface area contributed by atoms with E-state index in [1.807, 2.05) is 18.2 Å². The average molecular weight is 479 g/mol. The molecule has 1 heterocycles. The molecule has 4 rings (SSSR count). The summed E-state index contributed by atoms with van der Waals surface area (Å²) in [6.45, 7) is 0. The van der Waals surface area contributed by atoms with Crippen molar-refractivity contribution in [3.05, 3.63) is 102 Å². The Hall–Kier alpha value is -4.73. The van der Waals surface area contributed by atoms with Crippen molar-refractivity contribution in [2.75, 3.05) is 0 Å². The molecule has 0 aliphatic heterocycles. The summed E-state index contributed by atoms with van der Waals surface area (Å²) in [5, 5.41) is 25.9. The fourth-order valence-electron chi connectivity index (χ4n) is 3.36. The number of aromatic hydroxyl groups is 1. The number of amides is 1. The molecule has 0 aliphatic rings. The number of ether oxygens (including phenoxy) is 1. The normalized spacial score (nSPS) is 11.6. The number of rotatable bonds is 8. The Morgan fingerprint density at radius 1 is 0.971 bits per heavy atom. The van der Waals surface area contributed by atoms with Gasteiger partial charge in [0.25, 0.3) is 5.91 Å². The second-order valence-electron chi connectivity index (χ2n) is 7.50. The van der Waals surface area contributed by atoms with E-state index in [1.54, 1.807) is 36.4 Å². The van der Waals surface area contributed by atoms with Gasteiger partial charge in [-0.05, 0) is 42.0 Å². The van der Waals surface area contributed by atoms with E-state index < -0.39 is 41.9 Å². The van der Waals surface area contributed by atoms with E-state index in [9.17, 15) is 28.6 Å². The zero-order chi connectivity index (χ0) is 24.9. The van der Waals surface area contributed by atoms with Crippen molar-refractivity contribution < 1.29 is 33.3 Å². The van der Waals surface area contributed by atoms with Gasteiger partial charge in [0.2, 0.25) is 5.88 Å². The number of carboxylic acids is 1. The predicted molar refractivity (Wildman–Crippen MR) is 121 cm³/mol. The molecule has 0 saturated heterocycles. The van der Waals surface area contributed by atoms with E-state index in [-0.39, 0.29) is 11.4 Å². The molecule has 1 unspecified atom stereocenters. The summed E-state index contributed by atoms with van der Waals surface area (Å²) < 4.78 is 33.7. The molecule has 35 heavy (non-hydrogen) atoms. The molecule has 10 heteroatoms. The summed E-state index contributed by atoms with van der Waals surface area (Å²) >= 11 is 0. The fraction of sp³-hybridized carbons (Fsp3) is 0.0800. The van der Waals surface area contributed by atoms with Crippen LogP contribution in [-0.2, 0) is 4.79 Å². The minimum Gasteiger partial charge on any atom is -0.493 e. The summed E-state index contributed by atoms with van der Waals surface area (Å²) in [6, 6.07) is 18.3. The van der Waals surface area contributed by atoms with Crippen LogP contribution in [0.1, 0.15) is 28.5 Å². The molecular formula is C25H19F2N3O5. The first-order valence-electron chi connectivity index (χ1n) is 10.4. The molecule has 8 nitrogen and oxygen atoms in total. The van der Waals surface area contributed by atoms with Crippen molar-refractivity contribution in [2.45, 2.75) is 12.5 Å². The molecule has 0 bridgehead atoms. The first-order chi connectivity index (χ1) is 16.8. The summed E-state index contributed by atoms with van der Waals surface area (Å²) in [5.74, 6) is -3.16. The third-order valence-electron chi connectivity index (χ3n) is 5.01. The van der Waals surface area contributed by atoms with E-state index in [1.165, 1.54) is 0 Å². The predicted octanol–water partition coefficient (Wildman–Crippen LogP) is 4.59. The van der Waals surface area contributed by atoms with E-state index in [4.69, 9.17) is 4.74 Å². The number of halogens is 2. The minimum atomic E-state index is -1.15. The molecule has 0 fully saturated rings. The van der Waals surface area contributed by atoms with Gasteiger partial charge >= 0.3 is 5.97 Å². The zero-order valence-electron chi connectivity index (χ0n) is 18.1. The second-order valence-corrected chi connectivity index (χ2v) is 7.50. The van der Waals surface area contributed by atoms with Gasteiger partial charge in [0.1, 0.15) is 23.0 Å². The van der Waals surface area contributed by atoms with Gasteiger partial charge < -0.3 is 20.3 Å². The van der Waals surface area contributed by atoms with Crippen molar-refractivity contribution in [1.82, 2.24) is 15.1 Å². The number of nitrogens with one attached hydrogen (secondary N) is 1. The average Bonchev–Trinajstić information content (AvgIpc) is 3.21. The maximum absolute atomic E-state index is 14.1. The monoisotopic (exact) mass is 479 g/mol. The maximum atomic E-state index is 14.1. The Kier molecular flexibility index (Phi) is 6.72. The lowest BCUT2D eigenvalue weighted by atomic mass is 10.0. The van der Waals surface area contributed by atoms with Crippen LogP contribution in [0.3, 0.4) is 0 Å². The van der Waals surface area contributed by atoms with Crippen LogP contribution in [-0.4, -0.2) is 31.9 Å². The van der Waals surface area contributed by atoms with Gasteiger partial charge in [-0.1, -0.05) is 30.3 Å². The Bertz CT molecular complexity index is 1360. The Morgan fingerprint density at radius 3 is 2.31 bits per heavy atom. The van der Waals surface area contributed by atoms with Gasteiger partial charge in [-0.2, -0.15) is 9.78 Å². The molecule has 0 spiro atoms. The first kappa shape index (κ1) is 23.4. The first-order valence-corrected chi connectivity index (χ1v) is 10.4.